The molecule has 0 aliphatic carbocycles. The molecule has 0 radical (unpaired) electrons. The van der Waals surface area contributed by atoms with Gasteiger partial charge in [0.05, 0.1) is 6.34 Å². The van der Waals surface area contributed by atoms with Crippen molar-refractivity contribution in [3.63, 3.8) is 0 Å². The Hall–Kier alpha value is -2.37. The summed E-state index contributed by atoms with van der Waals surface area (Å²) in [5.41, 5.74) is 4.62. The average Bonchev–Trinajstić information content (AvgIpc) is 2.68. The van der Waals surface area contributed by atoms with Crippen molar-refractivity contribution < 1.29 is 0 Å². The molecule has 1 N–H and O–H groups in total. The third-order valence-electron chi connectivity index (χ3n) is 3.72. The van der Waals surface area contributed by atoms with Crippen LogP contribution in [0.1, 0.15) is 11.1 Å². The van der Waals surface area contributed by atoms with Crippen LogP contribution in [-0.4, -0.2) is 15.9 Å². The van der Waals surface area contributed by atoms with E-state index in [2.05, 4.69) is 60.6 Å². The molecule has 0 bridgehead atoms. The molecule has 26 heavy (non-hydrogen) atoms. The van der Waals surface area contributed by atoms with Crippen LogP contribution in [0.5, 0.6) is 0 Å². The van der Waals surface area contributed by atoms with Crippen molar-refractivity contribution in [2.75, 3.05) is 0 Å². The maximum Gasteiger partial charge on any atom is 0.157 e. The molecular formula is C20H15IN4S. The molecule has 0 spiro atoms. The normalized spacial score (nSPS) is 10.9. The molecule has 0 saturated heterocycles. The van der Waals surface area contributed by atoms with Crippen molar-refractivity contribution in [3.05, 3.63) is 77.5 Å². The van der Waals surface area contributed by atoms with Gasteiger partial charge in [-0.25, -0.2) is 9.98 Å². The summed E-state index contributed by atoms with van der Waals surface area (Å²) in [5.74, 6) is 3.69. The van der Waals surface area contributed by atoms with Gasteiger partial charge >= 0.3 is 0 Å². The first kappa shape index (κ1) is 18.4. The third kappa shape index (κ3) is 4.42. The molecule has 3 rings (SSSR count). The highest BCUT2D eigenvalue weighted by molar-refractivity contribution is 14.2. The zero-order valence-corrected chi connectivity index (χ0v) is 17.0. The highest BCUT2D eigenvalue weighted by Gasteiger charge is 2.03. The molecule has 0 fully saturated rings. The molecular weight excluding hydrogens is 455 g/mol. The van der Waals surface area contributed by atoms with Gasteiger partial charge in [0.25, 0.3) is 0 Å². The standard InChI is InChI=1S/C20H15IN4S/c1-15-11-18(17-5-3-2-4-6-17)13-23-20(15)24-19-12-16(8-10-26-21)7-9-25(19)14-22/h2-7,9,11-14,22H,1H3. The van der Waals surface area contributed by atoms with E-state index >= 15 is 0 Å². The van der Waals surface area contributed by atoms with E-state index in [4.69, 9.17) is 5.41 Å². The molecule has 1 aromatic carbocycles. The number of halogens is 1. The first-order chi connectivity index (χ1) is 12.7. The second-order valence-corrected chi connectivity index (χ2v) is 7.14. The number of aryl methyl sites for hydroxylation is 1. The lowest BCUT2D eigenvalue weighted by Crippen LogP contribution is -2.19. The van der Waals surface area contributed by atoms with Gasteiger partial charge in [-0.1, -0.05) is 36.3 Å². The van der Waals surface area contributed by atoms with Crippen molar-refractivity contribution in [2.24, 2.45) is 4.99 Å². The van der Waals surface area contributed by atoms with Gasteiger partial charge in [0.15, 0.2) is 5.82 Å². The Labute approximate surface area is 168 Å². The highest BCUT2D eigenvalue weighted by atomic mass is 127. The van der Waals surface area contributed by atoms with E-state index in [9.17, 15) is 0 Å². The molecule has 0 aliphatic rings. The van der Waals surface area contributed by atoms with Gasteiger partial charge in [0.2, 0.25) is 0 Å². The predicted molar refractivity (Wildman–Crippen MR) is 117 cm³/mol. The topological polar surface area (TPSA) is 54.0 Å². The van der Waals surface area contributed by atoms with Crippen molar-refractivity contribution in [1.29, 1.82) is 5.41 Å². The molecule has 2 aromatic heterocycles. The minimum absolute atomic E-state index is 0.619. The lowest BCUT2D eigenvalue weighted by molar-refractivity contribution is 1.00. The van der Waals surface area contributed by atoms with Crippen LogP contribution in [0.4, 0.5) is 5.82 Å². The monoisotopic (exact) mass is 470 g/mol. The SMILES string of the molecule is Cc1cc(-c2ccccc2)cnc1N=c1cc(C#CSI)ccn1C=N. The molecule has 0 atom stereocenters. The van der Waals surface area contributed by atoms with Crippen LogP contribution < -0.4 is 5.49 Å². The number of aromatic nitrogens is 2. The van der Waals surface area contributed by atoms with Crippen LogP contribution in [0.2, 0.25) is 0 Å². The van der Waals surface area contributed by atoms with Gasteiger partial charge in [-0.05, 0) is 50.4 Å². The van der Waals surface area contributed by atoms with Crippen LogP contribution >= 0.6 is 30.1 Å². The molecule has 0 aliphatic heterocycles. The number of rotatable bonds is 3. The van der Waals surface area contributed by atoms with Crippen molar-refractivity contribution in [3.8, 4) is 22.3 Å². The van der Waals surface area contributed by atoms with Crippen molar-refractivity contribution in [1.82, 2.24) is 9.55 Å². The highest BCUT2D eigenvalue weighted by Crippen LogP contribution is 2.23. The van der Waals surface area contributed by atoms with Crippen LogP contribution in [-0.2, 0) is 0 Å². The minimum Gasteiger partial charge on any atom is -0.292 e. The Bertz CT molecular complexity index is 1060. The smallest absolute Gasteiger partial charge is 0.157 e. The summed E-state index contributed by atoms with van der Waals surface area (Å²) in [6.45, 7) is 1.99. The largest absolute Gasteiger partial charge is 0.292 e. The second-order valence-electron chi connectivity index (χ2n) is 5.46. The van der Waals surface area contributed by atoms with E-state index in [1.54, 1.807) is 10.8 Å². The number of benzene rings is 1. The lowest BCUT2D eigenvalue weighted by Gasteiger charge is -2.06. The molecule has 2 heterocycles. The fourth-order valence-corrected chi connectivity index (χ4v) is 2.92. The average molecular weight is 470 g/mol. The molecule has 128 valence electrons. The van der Waals surface area contributed by atoms with E-state index in [0.717, 1.165) is 22.3 Å². The van der Waals surface area contributed by atoms with Gasteiger partial charge in [0.1, 0.15) is 5.49 Å². The lowest BCUT2D eigenvalue weighted by atomic mass is 10.1. The van der Waals surface area contributed by atoms with Gasteiger partial charge in [-0.3, -0.25) is 9.98 Å². The van der Waals surface area contributed by atoms with Gasteiger partial charge in [0, 0.05) is 44.7 Å². The van der Waals surface area contributed by atoms with Crippen LogP contribution in [0, 0.1) is 23.5 Å². The summed E-state index contributed by atoms with van der Waals surface area (Å²) in [7, 11) is 1.43. The van der Waals surface area contributed by atoms with E-state index in [1.807, 2.05) is 43.5 Å². The maximum atomic E-state index is 7.58. The van der Waals surface area contributed by atoms with Crippen molar-refractivity contribution in [2.45, 2.75) is 6.92 Å². The Kier molecular flexibility index (Phi) is 6.26. The fourth-order valence-electron chi connectivity index (χ4n) is 2.44. The van der Waals surface area contributed by atoms with Gasteiger partial charge < -0.3 is 0 Å². The quantitative estimate of drug-likeness (QED) is 0.255. The number of nitrogens with zero attached hydrogens (tertiary/aromatic N) is 3. The molecule has 6 heteroatoms. The first-order valence-corrected chi connectivity index (χ1v) is 11.2. The molecule has 3 aromatic rings. The maximum absolute atomic E-state index is 7.58. The van der Waals surface area contributed by atoms with Crippen LogP contribution in [0.25, 0.3) is 11.1 Å². The summed E-state index contributed by atoms with van der Waals surface area (Å²) in [4.78, 5) is 9.16. The summed E-state index contributed by atoms with van der Waals surface area (Å²) < 4.78 is 1.63. The molecule has 0 unspecified atom stereocenters. The Balaban J connectivity index is 2.06. The molecule has 4 nitrogen and oxygen atoms in total. The summed E-state index contributed by atoms with van der Waals surface area (Å²) in [5, 5.41) is 10.5. The molecule has 0 saturated carbocycles. The Morgan fingerprint density at radius 2 is 2.00 bits per heavy atom. The molecule has 0 amide bonds. The van der Waals surface area contributed by atoms with Gasteiger partial charge in [-0.15, -0.1) is 0 Å². The number of pyridine rings is 2. The van der Waals surface area contributed by atoms with E-state index < -0.39 is 0 Å². The van der Waals surface area contributed by atoms with Gasteiger partial charge in [-0.2, -0.15) is 0 Å². The predicted octanol–water partition coefficient (Wildman–Crippen LogP) is 4.94. The number of hydrogen-bond acceptors (Lipinski definition) is 4. The zero-order valence-electron chi connectivity index (χ0n) is 14.0. The third-order valence-corrected chi connectivity index (χ3v) is 4.55. The Morgan fingerprint density at radius 3 is 2.69 bits per heavy atom. The number of nitrogens with one attached hydrogen (secondary N) is 1. The minimum atomic E-state index is 0.619. The zero-order chi connectivity index (χ0) is 18.4. The van der Waals surface area contributed by atoms with Crippen LogP contribution in [0.3, 0.4) is 0 Å². The summed E-state index contributed by atoms with van der Waals surface area (Å²) in [6.07, 6.45) is 4.82. The Morgan fingerprint density at radius 1 is 1.19 bits per heavy atom. The summed E-state index contributed by atoms with van der Waals surface area (Å²) >= 11 is 2.14. The van der Waals surface area contributed by atoms with E-state index in [1.165, 1.54) is 15.3 Å². The van der Waals surface area contributed by atoms with E-state index in [-0.39, 0.29) is 0 Å². The van der Waals surface area contributed by atoms with E-state index in [0.29, 0.717) is 11.3 Å². The summed E-state index contributed by atoms with van der Waals surface area (Å²) in [6, 6.07) is 15.9. The van der Waals surface area contributed by atoms with Crippen LogP contribution in [0.15, 0.2) is 65.9 Å². The first-order valence-electron chi connectivity index (χ1n) is 7.79. The van der Waals surface area contributed by atoms with Crippen molar-refractivity contribution >= 4 is 42.3 Å². The fraction of sp³-hybridized carbons (Fsp3) is 0.0500. The number of hydrogen-bond donors (Lipinski definition) is 1. The second kappa shape index (κ2) is 8.83.